The monoisotopic (exact) mass is 519 g/mol. The Morgan fingerprint density at radius 2 is 1.89 bits per heavy atom. The molecule has 0 aliphatic carbocycles. The minimum Gasteiger partial charge on any atom is -0.369 e. The van der Waals surface area contributed by atoms with Crippen LogP contribution in [0, 0.1) is 5.92 Å². The Bertz CT molecular complexity index is 1320. The molecule has 1 aliphatic heterocycles. The lowest BCUT2D eigenvalue weighted by Crippen LogP contribution is -2.37. The Hall–Kier alpha value is -3.83. The predicted octanol–water partition coefficient (Wildman–Crippen LogP) is 5.50. The molecule has 7 nitrogen and oxygen atoms in total. The van der Waals surface area contributed by atoms with E-state index in [1.54, 1.807) is 25.4 Å². The quantitative estimate of drug-likeness (QED) is 0.313. The van der Waals surface area contributed by atoms with Gasteiger partial charge in [0, 0.05) is 50.2 Å². The van der Waals surface area contributed by atoms with Gasteiger partial charge in [-0.2, -0.15) is 13.2 Å². The van der Waals surface area contributed by atoms with Crippen LogP contribution in [0.3, 0.4) is 0 Å². The number of aromatic nitrogens is 5. The molecule has 196 valence electrons. The number of rotatable bonds is 8. The number of allylic oxidation sites excluding steroid dienone is 4. The van der Waals surface area contributed by atoms with Crippen LogP contribution in [0.25, 0.3) is 16.6 Å². The van der Waals surface area contributed by atoms with E-state index in [4.69, 9.17) is 0 Å². The molecule has 0 unspecified atom stereocenters. The fourth-order valence-corrected chi connectivity index (χ4v) is 4.34. The van der Waals surface area contributed by atoms with Crippen molar-refractivity contribution in [3.63, 3.8) is 0 Å². The second-order valence-electron chi connectivity index (χ2n) is 8.69. The highest BCUT2D eigenvalue weighted by Crippen LogP contribution is 2.32. The van der Waals surface area contributed by atoms with Crippen molar-refractivity contribution >= 4 is 28.4 Å². The van der Waals surface area contributed by atoms with E-state index in [-0.39, 0.29) is 28.8 Å². The number of pyridine rings is 1. The van der Waals surface area contributed by atoms with Gasteiger partial charge >= 0.3 is 6.18 Å². The largest absolute Gasteiger partial charge is 0.434 e. The molecular formula is C25H26F5N7. The summed E-state index contributed by atoms with van der Waals surface area (Å²) >= 11 is 0. The molecule has 0 atom stereocenters. The molecule has 1 fully saturated rings. The summed E-state index contributed by atoms with van der Waals surface area (Å²) in [4.78, 5) is 18.7. The van der Waals surface area contributed by atoms with Crippen molar-refractivity contribution < 1.29 is 22.0 Å². The number of nitrogens with zero attached hydrogens (tertiary/aromatic N) is 6. The number of hydrogen-bond acceptors (Lipinski definition) is 6. The first-order valence-electron chi connectivity index (χ1n) is 11.6. The van der Waals surface area contributed by atoms with Crippen LogP contribution >= 0.6 is 0 Å². The molecule has 3 aromatic heterocycles. The normalized spacial score (nSPS) is 15.7. The van der Waals surface area contributed by atoms with Gasteiger partial charge in [0.15, 0.2) is 17.2 Å². The minimum absolute atomic E-state index is 0.0592. The number of anilines is 2. The molecule has 4 heterocycles. The number of aryl methyl sites for hydroxylation is 1. The molecule has 0 bridgehead atoms. The van der Waals surface area contributed by atoms with Crippen molar-refractivity contribution in [1.29, 1.82) is 0 Å². The first kappa shape index (κ1) is 26.2. The third-order valence-electron chi connectivity index (χ3n) is 6.28. The van der Waals surface area contributed by atoms with Gasteiger partial charge in [-0.1, -0.05) is 25.3 Å². The highest BCUT2D eigenvalue weighted by atomic mass is 19.4. The molecule has 0 radical (unpaired) electrons. The van der Waals surface area contributed by atoms with Gasteiger partial charge in [0.1, 0.15) is 5.82 Å². The number of fused-ring (bicyclic) bond motifs is 1. The predicted molar refractivity (Wildman–Crippen MR) is 132 cm³/mol. The van der Waals surface area contributed by atoms with Crippen LogP contribution in [0.1, 0.15) is 24.4 Å². The van der Waals surface area contributed by atoms with Gasteiger partial charge in [-0.05, 0) is 30.9 Å². The third kappa shape index (κ3) is 5.62. The molecule has 0 amide bonds. The van der Waals surface area contributed by atoms with E-state index >= 15 is 0 Å². The van der Waals surface area contributed by atoms with Gasteiger partial charge in [0.05, 0.1) is 5.39 Å². The lowest BCUT2D eigenvalue weighted by molar-refractivity contribution is -0.140. The zero-order valence-electron chi connectivity index (χ0n) is 20.1. The maximum Gasteiger partial charge on any atom is 0.434 e. The Morgan fingerprint density at radius 1 is 1.16 bits per heavy atom. The van der Waals surface area contributed by atoms with Gasteiger partial charge in [-0.15, -0.1) is 0 Å². The van der Waals surface area contributed by atoms with Crippen molar-refractivity contribution in [2.75, 3.05) is 29.9 Å². The second-order valence-corrected chi connectivity index (χ2v) is 8.69. The van der Waals surface area contributed by atoms with Gasteiger partial charge in [-0.25, -0.2) is 28.7 Å². The maximum atomic E-state index is 13.5. The minimum atomic E-state index is -4.49. The van der Waals surface area contributed by atoms with Crippen LogP contribution in [0.5, 0.6) is 0 Å². The summed E-state index contributed by atoms with van der Waals surface area (Å²) in [5.41, 5.74) is -0.820. The van der Waals surface area contributed by atoms with E-state index in [0.29, 0.717) is 36.5 Å². The van der Waals surface area contributed by atoms with Gasteiger partial charge < -0.3 is 14.8 Å². The van der Waals surface area contributed by atoms with E-state index < -0.39 is 18.3 Å². The fourth-order valence-electron chi connectivity index (χ4n) is 4.34. The summed E-state index contributed by atoms with van der Waals surface area (Å²) in [6.45, 7) is 8.73. The van der Waals surface area contributed by atoms with Crippen LogP contribution in [0.4, 0.5) is 33.7 Å². The van der Waals surface area contributed by atoms with Crippen molar-refractivity contribution in [2.24, 2.45) is 13.0 Å². The van der Waals surface area contributed by atoms with E-state index in [0.717, 1.165) is 25.1 Å². The molecule has 1 aliphatic rings. The summed E-state index contributed by atoms with van der Waals surface area (Å²) in [7, 11) is 1.55. The Balaban J connectivity index is 1.51. The van der Waals surface area contributed by atoms with Crippen LogP contribution in [0.15, 0.2) is 55.4 Å². The highest BCUT2D eigenvalue weighted by molar-refractivity contribution is 5.88. The van der Waals surface area contributed by atoms with Gasteiger partial charge in [0.2, 0.25) is 5.95 Å². The van der Waals surface area contributed by atoms with Gasteiger partial charge in [-0.3, -0.25) is 0 Å². The van der Waals surface area contributed by atoms with Crippen LogP contribution in [-0.2, 0) is 13.2 Å². The number of halogens is 5. The smallest absolute Gasteiger partial charge is 0.369 e. The first-order chi connectivity index (χ1) is 17.6. The molecule has 12 heteroatoms. The third-order valence-corrected chi connectivity index (χ3v) is 6.28. The van der Waals surface area contributed by atoms with Crippen molar-refractivity contribution in [3.8, 4) is 0 Å². The van der Waals surface area contributed by atoms with Crippen LogP contribution in [0.2, 0.25) is 0 Å². The molecule has 37 heavy (non-hydrogen) atoms. The fraction of sp³-hybridized carbons (Fsp3) is 0.360. The lowest BCUT2D eigenvalue weighted by atomic mass is 9.97. The summed E-state index contributed by atoms with van der Waals surface area (Å²) in [5, 5.41) is 3.94. The maximum absolute atomic E-state index is 13.5. The van der Waals surface area contributed by atoms with E-state index in [1.807, 2.05) is 4.90 Å². The summed E-state index contributed by atoms with van der Waals surface area (Å²) in [6, 6.07) is 3.52. The average molecular weight is 520 g/mol. The standard InChI is InChI=1S/C25H26F5N7/c1-4-16(20(26)27)17(5-2)23-34-21-18(7-6-10-31-21)22(35-23)32-13-15-8-11-37(12-9-15)24-33-19(14-36(24)3)25(28,29)30/h4-7,10,14-15,20H,1-2,8-9,11-13H2,3H3,(H,31,32,34,35)/b17-16-. The summed E-state index contributed by atoms with van der Waals surface area (Å²) in [5.74, 6) is 1.01. The Morgan fingerprint density at radius 3 is 2.49 bits per heavy atom. The van der Waals surface area contributed by atoms with Crippen LogP contribution < -0.4 is 10.2 Å². The Kier molecular flexibility index (Phi) is 7.55. The number of alkyl halides is 5. The molecule has 1 saturated heterocycles. The molecule has 1 N–H and O–H groups in total. The highest BCUT2D eigenvalue weighted by Gasteiger charge is 2.35. The van der Waals surface area contributed by atoms with Crippen molar-refractivity contribution in [2.45, 2.75) is 25.4 Å². The van der Waals surface area contributed by atoms with Crippen molar-refractivity contribution in [1.82, 2.24) is 24.5 Å². The first-order valence-corrected chi connectivity index (χ1v) is 11.6. The average Bonchev–Trinajstić information content (AvgIpc) is 3.27. The zero-order chi connectivity index (χ0) is 26.7. The molecule has 0 saturated carbocycles. The number of piperidine rings is 1. The lowest BCUT2D eigenvalue weighted by Gasteiger charge is -2.32. The van der Waals surface area contributed by atoms with Crippen LogP contribution in [-0.4, -0.2) is 50.6 Å². The van der Waals surface area contributed by atoms with Crippen molar-refractivity contribution in [3.05, 3.63) is 66.9 Å². The topological polar surface area (TPSA) is 71.8 Å². The number of hydrogen-bond donors (Lipinski definition) is 1. The summed E-state index contributed by atoms with van der Waals surface area (Å²) < 4.78 is 67.5. The number of imidazole rings is 1. The van der Waals surface area contributed by atoms with E-state index in [2.05, 4.69) is 38.4 Å². The number of nitrogens with one attached hydrogen (secondary N) is 1. The zero-order valence-corrected chi connectivity index (χ0v) is 20.1. The second kappa shape index (κ2) is 10.7. The van der Waals surface area contributed by atoms with Gasteiger partial charge in [0.25, 0.3) is 6.43 Å². The van der Waals surface area contributed by atoms with E-state index in [9.17, 15) is 22.0 Å². The SMILES string of the molecule is C=C/C(=C(\C=C)C(F)F)c1nc(NCC2CCN(c3nc(C(F)(F)F)cn3C)CC2)c2cccnc2n1. The molecule has 0 spiro atoms. The molecular weight excluding hydrogens is 493 g/mol. The molecule has 3 aromatic rings. The molecule has 0 aromatic carbocycles. The summed E-state index contributed by atoms with van der Waals surface area (Å²) in [6.07, 6.45) is -0.942. The Labute approximate surface area is 210 Å². The molecule has 4 rings (SSSR count). The van der Waals surface area contributed by atoms with E-state index in [1.165, 1.54) is 10.6 Å².